The Labute approximate surface area is 107 Å². The summed E-state index contributed by atoms with van der Waals surface area (Å²) in [7, 11) is 0. The van der Waals surface area contributed by atoms with Crippen LogP contribution in [0.25, 0.3) is 0 Å². The molecule has 1 aromatic rings. The van der Waals surface area contributed by atoms with Crippen molar-refractivity contribution in [1.29, 1.82) is 0 Å². The number of guanidine groups is 1. The fraction of sp³-hybridized carbons (Fsp3) is 0.500. The molecule has 18 heavy (non-hydrogen) atoms. The van der Waals surface area contributed by atoms with Crippen molar-refractivity contribution >= 4 is 5.96 Å². The van der Waals surface area contributed by atoms with Crippen LogP contribution in [0.5, 0.6) is 0 Å². The average molecular weight is 249 g/mol. The van der Waals surface area contributed by atoms with Gasteiger partial charge in [-0.05, 0) is 50.3 Å². The van der Waals surface area contributed by atoms with E-state index >= 15 is 0 Å². The predicted octanol–water partition coefficient (Wildman–Crippen LogP) is 2.38. The van der Waals surface area contributed by atoms with Gasteiger partial charge < -0.3 is 11.1 Å². The van der Waals surface area contributed by atoms with Gasteiger partial charge in [0.2, 0.25) is 0 Å². The first-order valence-corrected chi connectivity index (χ1v) is 6.40. The van der Waals surface area contributed by atoms with Crippen molar-refractivity contribution in [2.24, 2.45) is 10.7 Å². The van der Waals surface area contributed by atoms with Crippen molar-refractivity contribution in [3.8, 4) is 0 Å². The zero-order valence-corrected chi connectivity index (χ0v) is 10.9. The molecule has 0 amide bonds. The van der Waals surface area contributed by atoms with Crippen LogP contribution in [-0.2, 0) is 0 Å². The van der Waals surface area contributed by atoms with Gasteiger partial charge in [0.05, 0.1) is 6.04 Å². The third kappa shape index (κ3) is 3.22. The summed E-state index contributed by atoms with van der Waals surface area (Å²) in [5.41, 5.74) is 6.84. The quantitative estimate of drug-likeness (QED) is 0.638. The molecule has 2 rings (SSSR count). The molecule has 3 N–H and O–H groups in total. The monoisotopic (exact) mass is 249 g/mol. The van der Waals surface area contributed by atoms with Crippen LogP contribution in [0.1, 0.15) is 38.2 Å². The Kier molecular flexibility index (Phi) is 3.84. The van der Waals surface area contributed by atoms with Gasteiger partial charge in [-0.25, -0.2) is 4.39 Å². The molecule has 98 valence electrons. The normalized spacial score (nSPS) is 23.9. The number of hydrogen-bond donors (Lipinski definition) is 2. The van der Waals surface area contributed by atoms with Gasteiger partial charge in [-0.15, -0.1) is 0 Å². The van der Waals surface area contributed by atoms with E-state index in [4.69, 9.17) is 5.73 Å². The SMILES string of the molecule is CC(C)NC(N)=NC1CC(c2cccc(F)c2)C1. The van der Waals surface area contributed by atoms with E-state index in [0.29, 0.717) is 17.9 Å². The highest BCUT2D eigenvalue weighted by Crippen LogP contribution is 2.38. The van der Waals surface area contributed by atoms with E-state index in [1.165, 1.54) is 6.07 Å². The third-order valence-electron chi connectivity index (χ3n) is 3.19. The second-order valence-corrected chi connectivity index (χ2v) is 5.19. The Morgan fingerprint density at radius 1 is 1.44 bits per heavy atom. The highest BCUT2D eigenvalue weighted by atomic mass is 19.1. The second-order valence-electron chi connectivity index (χ2n) is 5.19. The number of nitrogens with two attached hydrogens (primary N) is 1. The largest absolute Gasteiger partial charge is 0.370 e. The Balaban J connectivity index is 1.87. The summed E-state index contributed by atoms with van der Waals surface area (Å²) in [4.78, 5) is 4.41. The molecule has 1 aromatic carbocycles. The van der Waals surface area contributed by atoms with Gasteiger partial charge >= 0.3 is 0 Å². The second kappa shape index (κ2) is 5.38. The molecule has 0 bridgehead atoms. The van der Waals surface area contributed by atoms with Crippen LogP contribution in [-0.4, -0.2) is 18.0 Å². The van der Waals surface area contributed by atoms with E-state index in [0.717, 1.165) is 18.4 Å². The van der Waals surface area contributed by atoms with Gasteiger partial charge in [-0.2, -0.15) is 0 Å². The van der Waals surface area contributed by atoms with Crippen LogP contribution in [0.4, 0.5) is 4.39 Å². The molecule has 0 radical (unpaired) electrons. The van der Waals surface area contributed by atoms with Crippen molar-refractivity contribution < 1.29 is 4.39 Å². The fourth-order valence-electron chi connectivity index (χ4n) is 2.26. The van der Waals surface area contributed by atoms with E-state index in [-0.39, 0.29) is 11.9 Å². The van der Waals surface area contributed by atoms with Gasteiger partial charge in [0.1, 0.15) is 5.82 Å². The van der Waals surface area contributed by atoms with Gasteiger partial charge in [0.15, 0.2) is 5.96 Å². The van der Waals surface area contributed by atoms with Crippen molar-refractivity contribution in [3.05, 3.63) is 35.6 Å². The van der Waals surface area contributed by atoms with Crippen LogP contribution >= 0.6 is 0 Å². The van der Waals surface area contributed by atoms with E-state index < -0.39 is 0 Å². The number of hydrogen-bond acceptors (Lipinski definition) is 1. The molecule has 0 saturated heterocycles. The first-order chi connectivity index (χ1) is 8.54. The molecule has 4 heteroatoms. The van der Waals surface area contributed by atoms with Crippen LogP contribution < -0.4 is 11.1 Å². The number of nitrogens with one attached hydrogen (secondary N) is 1. The minimum absolute atomic E-state index is 0.166. The van der Waals surface area contributed by atoms with E-state index in [9.17, 15) is 4.39 Å². The average Bonchev–Trinajstić information content (AvgIpc) is 2.21. The molecule has 0 aromatic heterocycles. The molecule has 0 heterocycles. The fourth-order valence-corrected chi connectivity index (χ4v) is 2.26. The molecule has 1 saturated carbocycles. The summed E-state index contributed by atoms with van der Waals surface area (Å²) in [5, 5.41) is 3.07. The summed E-state index contributed by atoms with van der Waals surface area (Å²) in [6.07, 6.45) is 1.90. The highest BCUT2D eigenvalue weighted by molar-refractivity contribution is 5.78. The minimum atomic E-state index is -0.166. The number of halogens is 1. The Bertz CT molecular complexity index is 436. The van der Waals surface area contributed by atoms with Gasteiger partial charge in [-0.3, -0.25) is 4.99 Å². The topological polar surface area (TPSA) is 50.4 Å². The lowest BCUT2D eigenvalue weighted by atomic mass is 9.76. The summed E-state index contributed by atoms with van der Waals surface area (Å²) in [6, 6.07) is 7.39. The lowest BCUT2D eigenvalue weighted by Gasteiger charge is -2.33. The highest BCUT2D eigenvalue weighted by Gasteiger charge is 2.30. The van der Waals surface area contributed by atoms with Crippen molar-refractivity contribution in [1.82, 2.24) is 5.32 Å². The summed E-state index contributed by atoms with van der Waals surface area (Å²) >= 11 is 0. The summed E-state index contributed by atoms with van der Waals surface area (Å²) in [5.74, 6) is 0.759. The zero-order valence-electron chi connectivity index (χ0n) is 10.9. The molecule has 1 aliphatic rings. The molecular formula is C14H20FN3. The van der Waals surface area contributed by atoms with Crippen molar-refractivity contribution in [2.45, 2.75) is 44.7 Å². The van der Waals surface area contributed by atoms with Crippen LogP contribution in [0.15, 0.2) is 29.3 Å². The molecule has 0 aliphatic heterocycles. The predicted molar refractivity (Wildman–Crippen MR) is 72.1 cm³/mol. The molecule has 1 fully saturated rings. The first kappa shape index (κ1) is 12.9. The number of rotatable bonds is 3. The lowest BCUT2D eigenvalue weighted by molar-refractivity contribution is 0.351. The molecule has 3 nitrogen and oxygen atoms in total. The Morgan fingerprint density at radius 2 is 2.17 bits per heavy atom. The summed E-state index contributed by atoms with van der Waals surface area (Å²) in [6.45, 7) is 4.05. The molecule has 1 aliphatic carbocycles. The lowest BCUT2D eigenvalue weighted by Crippen LogP contribution is -2.39. The number of nitrogens with zero attached hydrogens (tertiary/aromatic N) is 1. The van der Waals surface area contributed by atoms with Crippen LogP contribution in [0.2, 0.25) is 0 Å². The number of benzene rings is 1. The smallest absolute Gasteiger partial charge is 0.189 e. The van der Waals surface area contributed by atoms with Crippen molar-refractivity contribution in [3.63, 3.8) is 0 Å². The molecular weight excluding hydrogens is 229 g/mol. The third-order valence-corrected chi connectivity index (χ3v) is 3.19. The van der Waals surface area contributed by atoms with Crippen LogP contribution in [0.3, 0.4) is 0 Å². The van der Waals surface area contributed by atoms with E-state index in [1.54, 1.807) is 12.1 Å². The molecule has 0 spiro atoms. The Hall–Kier alpha value is -1.58. The van der Waals surface area contributed by atoms with Crippen molar-refractivity contribution in [2.75, 3.05) is 0 Å². The van der Waals surface area contributed by atoms with Gasteiger partial charge in [0.25, 0.3) is 0 Å². The van der Waals surface area contributed by atoms with E-state index in [1.807, 2.05) is 19.9 Å². The minimum Gasteiger partial charge on any atom is -0.370 e. The molecule has 0 atom stereocenters. The maximum atomic E-state index is 13.1. The van der Waals surface area contributed by atoms with E-state index in [2.05, 4.69) is 10.3 Å². The zero-order chi connectivity index (χ0) is 13.1. The standard InChI is InChI=1S/C14H20FN3/c1-9(2)17-14(16)18-13-7-11(8-13)10-4-3-5-12(15)6-10/h3-6,9,11,13H,7-8H2,1-2H3,(H3,16,17,18). The van der Waals surface area contributed by atoms with Gasteiger partial charge in [0, 0.05) is 6.04 Å². The molecule has 0 unspecified atom stereocenters. The van der Waals surface area contributed by atoms with Gasteiger partial charge in [-0.1, -0.05) is 12.1 Å². The Morgan fingerprint density at radius 3 is 2.78 bits per heavy atom. The first-order valence-electron chi connectivity index (χ1n) is 6.40. The summed E-state index contributed by atoms with van der Waals surface area (Å²) < 4.78 is 13.1. The maximum Gasteiger partial charge on any atom is 0.189 e. The number of aliphatic imine (C=N–C) groups is 1. The van der Waals surface area contributed by atoms with Crippen LogP contribution in [0, 0.1) is 5.82 Å². The maximum absolute atomic E-state index is 13.1.